The number of amides is 1. The van der Waals surface area contributed by atoms with Crippen LogP contribution in [-0.2, 0) is 21.2 Å². The van der Waals surface area contributed by atoms with Crippen LogP contribution in [0, 0.1) is 5.92 Å². The Morgan fingerprint density at radius 2 is 1.74 bits per heavy atom. The summed E-state index contributed by atoms with van der Waals surface area (Å²) in [6.45, 7) is 1.12. The van der Waals surface area contributed by atoms with E-state index in [0.717, 1.165) is 46.7 Å². The van der Waals surface area contributed by atoms with Gasteiger partial charge in [0.2, 0.25) is 15.9 Å². The molecule has 34 heavy (non-hydrogen) atoms. The lowest BCUT2D eigenvalue weighted by Crippen LogP contribution is -2.48. The van der Waals surface area contributed by atoms with Gasteiger partial charge >= 0.3 is 0 Å². The Kier molecular flexibility index (Phi) is 6.16. The molecule has 0 radical (unpaired) electrons. The molecule has 1 aliphatic carbocycles. The molecule has 3 heterocycles. The first-order chi connectivity index (χ1) is 16.3. The average molecular weight is 479 g/mol. The van der Waals surface area contributed by atoms with Crippen molar-refractivity contribution in [3.8, 4) is 0 Å². The van der Waals surface area contributed by atoms with Gasteiger partial charge in [0.15, 0.2) is 0 Å². The molecule has 1 saturated carbocycles. The minimum Gasteiger partial charge on any atom is -0.353 e. The molecule has 3 aromatic rings. The van der Waals surface area contributed by atoms with Crippen LogP contribution in [0.25, 0.3) is 10.9 Å². The topological polar surface area (TPSA) is 91.4 Å². The molecule has 3 aliphatic rings. The number of hydrogen-bond acceptors (Lipinski definition) is 5. The number of aromatic nitrogens is 1. The number of carbonyl (C=O) groups excluding carboxylic acids is 1. The summed E-state index contributed by atoms with van der Waals surface area (Å²) in [4.78, 5) is 19.9. The van der Waals surface area contributed by atoms with Crippen molar-refractivity contribution in [3.63, 3.8) is 0 Å². The van der Waals surface area contributed by atoms with Crippen molar-refractivity contribution in [1.82, 2.24) is 4.98 Å². The molecular weight excluding hydrogens is 448 g/mol. The minimum absolute atomic E-state index is 0.0633. The van der Waals surface area contributed by atoms with Crippen LogP contribution in [-0.4, -0.2) is 38.2 Å². The van der Waals surface area contributed by atoms with E-state index in [-0.39, 0.29) is 5.91 Å². The van der Waals surface area contributed by atoms with Crippen LogP contribution in [0.3, 0.4) is 0 Å². The van der Waals surface area contributed by atoms with Gasteiger partial charge in [-0.05, 0) is 86.1 Å². The highest BCUT2D eigenvalue weighted by Gasteiger charge is 2.34. The Balaban J connectivity index is 1.19. The predicted molar refractivity (Wildman–Crippen MR) is 137 cm³/mol. The molecule has 8 heteroatoms. The number of nitrogens with zero attached hydrogens (tertiary/aromatic N) is 2. The number of rotatable bonds is 7. The normalized spacial score (nSPS) is 19.9. The fourth-order valence-electron chi connectivity index (χ4n) is 5.13. The monoisotopic (exact) mass is 478 g/mol. The fourth-order valence-corrected chi connectivity index (χ4v) is 5.70. The Labute approximate surface area is 200 Å². The van der Waals surface area contributed by atoms with Gasteiger partial charge in [-0.15, -0.1) is 0 Å². The molecule has 0 atom stereocenters. The highest BCUT2D eigenvalue weighted by Crippen LogP contribution is 2.37. The number of carbonyl (C=O) groups is 1. The number of sulfonamides is 1. The molecule has 2 bridgehead atoms. The van der Waals surface area contributed by atoms with Gasteiger partial charge in [-0.2, -0.15) is 0 Å². The molecule has 2 aromatic carbocycles. The number of hydrogen-bond donors (Lipinski definition) is 2. The maximum atomic E-state index is 12.5. The predicted octanol–water partition coefficient (Wildman–Crippen LogP) is 4.56. The minimum atomic E-state index is -3.30. The lowest BCUT2D eigenvalue weighted by Gasteiger charge is -2.46. The first kappa shape index (κ1) is 22.7. The molecule has 7 nitrogen and oxygen atoms in total. The van der Waals surface area contributed by atoms with Crippen LogP contribution in [0.15, 0.2) is 54.6 Å². The second-order valence-electron chi connectivity index (χ2n) is 9.52. The average Bonchev–Trinajstić information content (AvgIpc) is 2.83. The second kappa shape index (κ2) is 9.25. The largest absolute Gasteiger partial charge is 0.353 e. The SMILES string of the molecule is CS(=O)(=O)Nc1ccc(CCC(=O)Nc2ccc3nc(N4CC5CCC4CC5)ccc3c2)cc1. The Morgan fingerprint density at radius 1 is 1.00 bits per heavy atom. The summed E-state index contributed by atoms with van der Waals surface area (Å²) in [6.07, 6.45) is 7.28. The van der Waals surface area contributed by atoms with Crippen molar-refractivity contribution in [2.75, 3.05) is 27.7 Å². The van der Waals surface area contributed by atoms with Crippen molar-refractivity contribution in [1.29, 1.82) is 0 Å². The maximum Gasteiger partial charge on any atom is 0.229 e. The lowest BCUT2D eigenvalue weighted by atomic mass is 9.80. The van der Waals surface area contributed by atoms with Gasteiger partial charge in [-0.3, -0.25) is 9.52 Å². The second-order valence-corrected chi connectivity index (χ2v) is 11.3. The Hall–Kier alpha value is -3.13. The van der Waals surface area contributed by atoms with Gasteiger partial charge in [0, 0.05) is 35.8 Å². The summed E-state index contributed by atoms with van der Waals surface area (Å²) in [6, 6.07) is 17.7. The summed E-state index contributed by atoms with van der Waals surface area (Å²) in [5.41, 5.74) is 3.18. The van der Waals surface area contributed by atoms with E-state index in [4.69, 9.17) is 4.98 Å². The van der Waals surface area contributed by atoms with E-state index in [1.807, 2.05) is 30.3 Å². The molecule has 0 unspecified atom stereocenters. The molecule has 1 amide bonds. The third-order valence-corrected chi connectivity index (χ3v) is 7.47. The number of pyridine rings is 1. The van der Waals surface area contributed by atoms with E-state index in [1.165, 1.54) is 25.7 Å². The standard InChI is InChI=1S/C26H30N4O3S/c1-34(32,33)29-21-8-2-18(3-9-21)6-15-26(31)27-22-10-13-24-20(16-22)7-14-25(28-24)30-17-19-4-11-23(30)12-5-19/h2-3,7-10,13-14,16,19,23,29H,4-6,11-12,15,17H2,1H3,(H,27,31). The summed E-state index contributed by atoms with van der Waals surface area (Å²) < 4.78 is 25.0. The summed E-state index contributed by atoms with van der Waals surface area (Å²) in [5.74, 6) is 1.81. The number of fused-ring (bicyclic) bond motifs is 4. The molecule has 2 N–H and O–H groups in total. The van der Waals surface area contributed by atoms with Crippen molar-refractivity contribution < 1.29 is 13.2 Å². The van der Waals surface area contributed by atoms with Crippen molar-refractivity contribution in [2.24, 2.45) is 5.92 Å². The number of aryl methyl sites for hydroxylation is 1. The van der Waals surface area contributed by atoms with E-state index in [2.05, 4.69) is 27.1 Å². The zero-order valence-corrected chi connectivity index (χ0v) is 20.1. The highest BCUT2D eigenvalue weighted by atomic mass is 32.2. The molecule has 178 valence electrons. The van der Waals surface area contributed by atoms with Crippen LogP contribution in [0.4, 0.5) is 17.2 Å². The van der Waals surface area contributed by atoms with E-state index in [0.29, 0.717) is 24.6 Å². The first-order valence-corrected chi connectivity index (χ1v) is 13.8. The summed E-state index contributed by atoms with van der Waals surface area (Å²) in [5, 5.41) is 3.99. The van der Waals surface area contributed by atoms with Crippen molar-refractivity contribution in [3.05, 3.63) is 60.2 Å². The number of anilines is 3. The molecule has 3 fully saturated rings. The van der Waals surface area contributed by atoms with Crippen LogP contribution in [0.2, 0.25) is 0 Å². The van der Waals surface area contributed by atoms with Crippen LogP contribution in [0.1, 0.15) is 37.7 Å². The molecule has 2 saturated heterocycles. The highest BCUT2D eigenvalue weighted by molar-refractivity contribution is 7.92. The number of nitrogens with one attached hydrogen (secondary N) is 2. The van der Waals surface area contributed by atoms with Crippen molar-refractivity contribution >= 4 is 44.0 Å². The number of piperidine rings is 2. The molecular formula is C26H30N4O3S. The maximum absolute atomic E-state index is 12.5. The van der Waals surface area contributed by atoms with E-state index < -0.39 is 10.0 Å². The lowest BCUT2D eigenvalue weighted by molar-refractivity contribution is -0.116. The van der Waals surface area contributed by atoms with Gasteiger partial charge in [0.05, 0.1) is 11.8 Å². The van der Waals surface area contributed by atoms with Crippen molar-refractivity contribution in [2.45, 2.75) is 44.6 Å². The molecule has 2 aliphatic heterocycles. The van der Waals surface area contributed by atoms with Crippen LogP contribution in [0.5, 0.6) is 0 Å². The van der Waals surface area contributed by atoms with Gasteiger partial charge in [0.1, 0.15) is 5.82 Å². The quantitative estimate of drug-likeness (QED) is 0.520. The first-order valence-electron chi connectivity index (χ1n) is 11.9. The molecule has 6 rings (SSSR count). The number of benzene rings is 2. The van der Waals surface area contributed by atoms with Gasteiger partial charge < -0.3 is 10.2 Å². The summed E-state index contributed by atoms with van der Waals surface area (Å²) >= 11 is 0. The van der Waals surface area contributed by atoms with Gasteiger partial charge in [-0.1, -0.05) is 12.1 Å². The summed E-state index contributed by atoms with van der Waals surface area (Å²) in [7, 11) is -3.30. The third-order valence-electron chi connectivity index (χ3n) is 6.86. The smallest absolute Gasteiger partial charge is 0.229 e. The zero-order chi connectivity index (χ0) is 23.7. The van der Waals surface area contributed by atoms with Crippen LogP contribution >= 0.6 is 0 Å². The zero-order valence-electron chi connectivity index (χ0n) is 19.3. The Bertz CT molecular complexity index is 1300. The van der Waals surface area contributed by atoms with E-state index in [9.17, 15) is 13.2 Å². The fraction of sp³-hybridized carbons (Fsp3) is 0.385. The third kappa shape index (κ3) is 5.33. The Morgan fingerprint density at radius 3 is 2.41 bits per heavy atom. The molecule has 0 spiro atoms. The molecule has 1 aromatic heterocycles. The van der Waals surface area contributed by atoms with Gasteiger partial charge in [-0.25, -0.2) is 13.4 Å². The van der Waals surface area contributed by atoms with Gasteiger partial charge in [0.25, 0.3) is 0 Å². The van der Waals surface area contributed by atoms with E-state index in [1.54, 1.807) is 12.1 Å². The van der Waals surface area contributed by atoms with E-state index >= 15 is 0 Å². The van der Waals surface area contributed by atoms with Crippen LogP contribution < -0.4 is 14.9 Å².